The molecule has 2 N–H and O–H groups in total. The van der Waals surface area contributed by atoms with Gasteiger partial charge in [0, 0.05) is 51.0 Å². The van der Waals surface area contributed by atoms with E-state index in [2.05, 4.69) is 25.8 Å². The molecule has 216 valence electrons. The van der Waals surface area contributed by atoms with Crippen LogP contribution in [0.4, 0.5) is 10.1 Å². The van der Waals surface area contributed by atoms with E-state index in [0.29, 0.717) is 24.7 Å². The number of ketones is 1. The molecule has 0 aromatic carbocycles. The Bertz CT molecular complexity index is 1270. The monoisotopic (exact) mass is 567 g/mol. The maximum absolute atomic E-state index is 14.3. The summed E-state index contributed by atoms with van der Waals surface area (Å²) in [6.45, 7) is 10.1. The molecule has 0 aliphatic carbocycles. The normalized spacial score (nSPS) is 18.5. The number of anilines is 1. The summed E-state index contributed by atoms with van der Waals surface area (Å²) < 4.78 is 45.2. The first-order valence-corrected chi connectivity index (χ1v) is 14.1. The molecule has 3 rings (SSSR count). The van der Waals surface area contributed by atoms with Crippen LogP contribution < -0.4 is 10.6 Å². The predicted molar refractivity (Wildman–Crippen MR) is 143 cm³/mol. The zero-order valence-corrected chi connectivity index (χ0v) is 24.3. The highest BCUT2D eigenvalue weighted by Gasteiger charge is 2.42. The fourth-order valence-corrected chi connectivity index (χ4v) is 4.74. The highest BCUT2D eigenvalue weighted by Crippen LogP contribution is 2.26. The van der Waals surface area contributed by atoms with Crippen LogP contribution >= 0.6 is 0 Å². The van der Waals surface area contributed by atoms with Crippen LogP contribution in [-0.2, 0) is 20.2 Å². The molecule has 1 aliphatic heterocycles. The Morgan fingerprint density at radius 2 is 1.87 bits per heavy atom. The molecular weight excluding hydrogens is 529 g/mol. The van der Waals surface area contributed by atoms with Gasteiger partial charge >= 0.3 is 0 Å². The molecule has 2 aromatic heterocycles. The van der Waals surface area contributed by atoms with E-state index in [0.717, 1.165) is 4.31 Å². The van der Waals surface area contributed by atoms with Gasteiger partial charge in [0.2, 0.25) is 17.6 Å². The number of nitrogens with zero attached hydrogens (tertiary/aromatic N) is 5. The van der Waals surface area contributed by atoms with Crippen LogP contribution in [0.25, 0.3) is 0 Å². The lowest BCUT2D eigenvalue weighted by molar-refractivity contribution is -0.131. The van der Waals surface area contributed by atoms with Crippen LogP contribution in [-0.4, -0.2) is 96.0 Å². The lowest BCUT2D eigenvalue weighted by atomic mass is 9.97. The topological polar surface area (TPSA) is 151 Å². The summed E-state index contributed by atoms with van der Waals surface area (Å²) in [6, 6.07) is 2.08. The molecule has 3 heterocycles. The molecule has 0 saturated carbocycles. The van der Waals surface area contributed by atoms with Crippen molar-refractivity contribution in [3.63, 3.8) is 0 Å². The quantitative estimate of drug-likeness (QED) is 0.386. The molecule has 14 heteroatoms. The minimum absolute atomic E-state index is 0.0445. The molecule has 0 radical (unpaired) electrons. The minimum atomic E-state index is -3.61. The lowest BCUT2D eigenvalue weighted by Crippen LogP contribution is -2.47. The summed E-state index contributed by atoms with van der Waals surface area (Å²) in [5, 5.41) is 14.2. The summed E-state index contributed by atoms with van der Waals surface area (Å²) in [5.74, 6) is -0.822. The summed E-state index contributed by atoms with van der Waals surface area (Å²) in [7, 11) is -0.727. The number of pyridine rings is 1. The van der Waals surface area contributed by atoms with Crippen LogP contribution in [0.3, 0.4) is 0 Å². The molecule has 12 nitrogen and oxygen atoms in total. The number of amides is 1. The SMILES string of the molecule is CN(C)S(=O)(=O)c1ccc(NCC(C)(C)NCCC(=O)N2C[C@@H](F)CC2C(=O)c2nnc(C(C)(C)C)o2)cn1. The van der Waals surface area contributed by atoms with Crippen LogP contribution in [0.15, 0.2) is 27.8 Å². The maximum Gasteiger partial charge on any atom is 0.286 e. The standard InChI is InChI=1S/C25H38FN7O5S/c1-24(2,3)23-31-30-22(38-23)21(35)18-12-16(26)14-33(18)20(34)10-11-29-25(4,5)15-28-17-8-9-19(27-13-17)39(36,37)32(6)7/h8-9,13,16,18,28-29H,10-12,14-15H2,1-7H3/t16-,18?/m0/s1. The average molecular weight is 568 g/mol. The number of carbonyl (C=O) groups is 2. The third kappa shape index (κ3) is 7.57. The zero-order chi connectivity index (χ0) is 29.2. The highest BCUT2D eigenvalue weighted by atomic mass is 32.2. The molecule has 1 unspecified atom stereocenters. The van der Waals surface area contributed by atoms with Crippen LogP contribution in [0.2, 0.25) is 0 Å². The Morgan fingerprint density at radius 1 is 1.18 bits per heavy atom. The number of aromatic nitrogens is 3. The van der Waals surface area contributed by atoms with Gasteiger partial charge in [0.1, 0.15) is 12.2 Å². The number of carbonyl (C=O) groups excluding carboxylic acids is 2. The van der Waals surface area contributed by atoms with E-state index in [9.17, 15) is 22.4 Å². The van der Waals surface area contributed by atoms with Crippen molar-refractivity contribution < 1.29 is 26.8 Å². The third-order valence-electron chi connectivity index (χ3n) is 6.31. The van der Waals surface area contributed by atoms with Crippen molar-refractivity contribution in [3.05, 3.63) is 30.1 Å². The van der Waals surface area contributed by atoms with Crippen molar-refractivity contribution in [1.29, 1.82) is 0 Å². The van der Waals surface area contributed by atoms with E-state index in [1.54, 1.807) is 6.07 Å². The van der Waals surface area contributed by atoms with Crippen molar-refractivity contribution in [2.24, 2.45) is 0 Å². The van der Waals surface area contributed by atoms with E-state index in [1.165, 1.54) is 31.3 Å². The molecule has 1 amide bonds. The number of nitrogens with one attached hydrogen (secondary N) is 2. The van der Waals surface area contributed by atoms with Gasteiger partial charge in [-0.3, -0.25) is 9.59 Å². The molecule has 1 aliphatic rings. The first-order chi connectivity index (χ1) is 18.0. The fourth-order valence-electron chi connectivity index (χ4n) is 3.94. The molecule has 39 heavy (non-hydrogen) atoms. The second-order valence-electron chi connectivity index (χ2n) is 11.5. The molecular formula is C25H38FN7O5S. The number of Topliss-reactive ketones (excluding diaryl/α,β-unsaturated/α-hetero) is 1. The van der Waals surface area contributed by atoms with E-state index in [4.69, 9.17) is 4.42 Å². The number of hydrogen-bond acceptors (Lipinski definition) is 10. The largest absolute Gasteiger partial charge is 0.418 e. The molecule has 2 atom stereocenters. The van der Waals surface area contributed by atoms with E-state index in [1.807, 2.05) is 34.6 Å². The molecule has 1 saturated heterocycles. The van der Waals surface area contributed by atoms with Gasteiger partial charge in [-0.05, 0) is 26.0 Å². The summed E-state index contributed by atoms with van der Waals surface area (Å²) in [5.41, 5.74) is -0.258. The first-order valence-electron chi connectivity index (χ1n) is 12.7. The number of alkyl halides is 1. The Balaban J connectivity index is 1.53. The highest BCUT2D eigenvalue weighted by molar-refractivity contribution is 7.89. The average Bonchev–Trinajstić information content (AvgIpc) is 3.50. The van der Waals surface area contributed by atoms with E-state index < -0.39 is 39.0 Å². The van der Waals surface area contributed by atoms with Gasteiger partial charge in [-0.25, -0.2) is 22.1 Å². The molecule has 0 spiro atoms. The van der Waals surface area contributed by atoms with Gasteiger partial charge in [0.15, 0.2) is 5.03 Å². The van der Waals surface area contributed by atoms with Gasteiger partial charge in [-0.1, -0.05) is 20.8 Å². The van der Waals surface area contributed by atoms with Gasteiger partial charge in [-0.15, -0.1) is 10.2 Å². The summed E-state index contributed by atoms with van der Waals surface area (Å²) >= 11 is 0. The van der Waals surface area contributed by atoms with Crippen molar-refractivity contribution in [2.75, 3.05) is 39.0 Å². The molecule has 1 fully saturated rings. The molecule has 2 aromatic rings. The molecule has 0 bridgehead atoms. The van der Waals surface area contributed by atoms with Crippen molar-refractivity contribution in [1.82, 2.24) is 29.7 Å². The van der Waals surface area contributed by atoms with Crippen molar-refractivity contribution in [3.8, 4) is 0 Å². The Kier molecular flexibility index (Phi) is 9.13. The maximum atomic E-state index is 14.3. The Hall–Kier alpha value is -2.97. The fraction of sp³-hybridized carbons (Fsp3) is 0.640. The number of rotatable bonds is 11. The second kappa shape index (κ2) is 11.6. The first kappa shape index (κ1) is 30.6. The van der Waals surface area contributed by atoms with Gasteiger partial charge in [-0.2, -0.15) is 0 Å². The lowest BCUT2D eigenvalue weighted by Gasteiger charge is -2.28. The van der Waals surface area contributed by atoms with E-state index >= 15 is 0 Å². The van der Waals surface area contributed by atoms with Crippen molar-refractivity contribution >= 4 is 27.4 Å². The smallest absolute Gasteiger partial charge is 0.286 e. The van der Waals surface area contributed by atoms with Gasteiger partial charge in [0.05, 0.1) is 18.4 Å². The van der Waals surface area contributed by atoms with Crippen LogP contribution in [0.5, 0.6) is 0 Å². The summed E-state index contributed by atoms with van der Waals surface area (Å²) in [6.07, 6.45) is 0.0926. The number of sulfonamides is 1. The number of hydrogen-bond donors (Lipinski definition) is 2. The van der Waals surface area contributed by atoms with Crippen LogP contribution in [0, 0.1) is 0 Å². The predicted octanol–water partition coefficient (Wildman–Crippen LogP) is 2.00. The second-order valence-corrected chi connectivity index (χ2v) is 13.6. The third-order valence-corrected chi connectivity index (χ3v) is 8.04. The van der Waals surface area contributed by atoms with E-state index in [-0.39, 0.29) is 36.2 Å². The van der Waals surface area contributed by atoms with Gasteiger partial charge in [0.25, 0.3) is 15.9 Å². The zero-order valence-electron chi connectivity index (χ0n) is 23.5. The van der Waals surface area contributed by atoms with Gasteiger partial charge < -0.3 is 20.0 Å². The Labute approximate surface area is 228 Å². The summed E-state index contributed by atoms with van der Waals surface area (Å²) in [4.78, 5) is 31.2. The van der Waals surface area contributed by atoms with Crippen molar-refractivity contribution in [2.45, 2.75) is 75.7 Å². The van der Waals surface area contributed by atoms with Crippen LogP contribution in [0.1, 0.15) is 64.0 Å². The Morgan fingerprint density at radius 3 is 2.44 bits per heavy atom. The number of halogens is 1. The minimum Gasteiger partial charge on any atom is -0.418 e. The number of likely N-dealkylation sites (tertiary alicyclic amines) is 1.